The molecule has 2 rings (SSSR count). The van der Waals surface area contributed by atoms with Gasteiger partial charge in [-0.15, -0.1) is 11.3 Å². The molecule has 0 fully saturated rings. The number of rotatable bonds is 6. The molecule has 0 radical (unpaired) electrons. The fourth-order valence-corrected chi connectivity index (χ4v) is 5.69. The summed E-state index contributed by atoms with van der Waals surface area (Å²) in [5.74, 6) is 0.678. The predicted molar refractivity (Wildman–Crippen MR) is 88.4 cm³/mol. The summed E-state index contributed by atoms with van der Waals surface area (Å²) in [7, 11) is -1.99. The zero-order chi connectivity index (χ0) is 15.5. The highest BCUT2D eigenvalue weighted by Crippen LogP contribution is 2.32. The van der Waals surface area contributed by atoms with E-state index in [2.05, 4.69) is 20.7 Å². The van der Waals surface area contributed by atoms with Gasteiger partial charge in [0.05, 0.1) is 13.2 Å². The number of sulfonamides is 1. The van der Waals surface area contributed by atoms with Crippen molar-refractivity contribution in [2.45, 2.75) is 23.6 Å². The second-order valence-electron chi connectivity index (χ2n) is 4.38. The van der Waals surface area contributed by atoms with Gasteiger partial charge in [-0.05, 0) is 39.9 Å². The Morgan fingerprint density at radius 3 is 2.62 bits per heavy atom. The zero-order valence-electron chi connectivity index (χ0n) is 11.7. The van der Waals surface area contributed by atoms with Gasteiger partial charge in [0.1, 0.15) is 9.96 Å². The molecular formula is C14H16BrNO3S2. The van der Waals surface area contributed by atoms with E-state index in [1.54, 1.807) is 18.6 Å². The monoisotopic (exact) mass is 389 g/mol. The number of para-hydroxylation sites is 1. The average molecular weight is 390 g/mol. The van der Waals surface area contributed by atoms with E-state index >= 15 is 0 Å². The van der Waals surface area contributed by atoms with E-state index in [0.717, 1.165) is 5.56 Å². The van der Waals surface area contributed by atoms with E-state index in [4.69, 9.17) is 4.74 Å². The number of hydrogen-bond donors (Lipinski definition) is 1. The Balaban J connectivity index is 2.34. The van der Waals surface area contributed by atoms with Crippen molar-refractivity contribution in [3.8, 4) is 5.75 Å². The third-order valence-electron chi connectivity index (χ3n) is 3.05. The SMILES string of the molecule is CCC(NS(=O)(=O)c1sccc1Br)c1ccccc1OC. The van der Waals surface area contributed by atoms with E-state index in [1.165, 1.54) is 11.3 Å². The van der Waals surface area contributed by atoms with Gasteiger partial charge in [-0.1, -0.05) is 25.1 Å². The normalized spacial score (nSPS) is 13.1. The molecule has 1 heterocycles. The summed E-state index contributed by atoms with van der Waals surface area (Å²) in [6.45, 7) is 1.93. The van der Waals surface area contributed by atoms with Crippen LogP contribution in [0.25, 0.3) is 0 Å². The van der Waals surface area contributed by atoms with Gasteiger partial charge in [-0.3, -0.25) is 0 Å². The smallest absolute Gasteiger partial charge is 0.251 e. The Morgan fingerprint density at radius 1 is 1.33 bits per heavy atom. The van der Waals surface area contributed by atoms with Crippen molar-refractivity contribution in [2.24, 2.45) is 0 Å². The highest BCUT2D eigenvalue weighted by Gasteiger charge is 2.25. The van der Waals surface area contributed by atoms with Crippen molar-refractivity contribution in [2.75, 3.05) is 7.11 Å². The molecule has 114 valence electrons. The van der Waals surface area contributed by atoms with Crippen molar-refractivity contribution in [3.05, 3.63) is 45.7 Å². The van der Waals surface area contributed by atoms with Crippen LogP contribution < -0.4 is 9.46 Å². The molecule has 4 nitrogen and oxygen atoms in total. The van der Waals surface area contributed by atoms with Gasteiger partial charge < -0.3 is 4.74 Å². The van der Waals surface area contributed by atoms with Crippen molar-refractivity contribution >= 4 is 37.3 Å². The highest BCUT2D eigenvalue weighted by atomic mass is 79.9. The third kappa shape index (κ3) is 3.66. The highest BCUT2D eigenvalue weighted by molar-refractivity contribution is 9.10. The standard InChI is InChI=1S/C14H16BrNO3S2/c1-3-12(10-6-4-5-7-13(10)19-2)16-21(17,18)14-11(15)8-9-20-14/h4-9,12,16H,3H2,1-2H3. The quantitative estimate of drug-likeness (QED) is 0.813. The van der Waals surface area contributed by atoms with Gasteiger partial charge in [0.2, 0.25) is 0 Å². The molecule has 1 aromatic heterocycles. The van der Waals surface area contributed by atoms with Crippen molar-refractivity contribution in [1.29, 1.82) is 0 Å². The Kier molecular flexibility index (Phi) is 5.43. The van der Waals surface area contributed by atoms with Gasteiger partial charge in [-0.2, -0.15) is 0 Å². The van der Waals surface area contributed by atoms with Crippen molar-refractivity contribution in [1.82, 2.24) is 4.72 Å². The van der Waals surface area contributed by atoms with E-state index in [0.29, 0.717) is 16.6 Å². The van der Waals surface area contributed by atoms with Gasteiger partial charge >= 0.3 is 0 Å². The average Bonchev–Trinajstić information content (AvgIpc) is 2.92. The topological polar surface area (TPSA) is 55.4 Å². The zero-order valence-corrected chi connectivity index (χ0v) is 14.9. The van der Waals surface area contributed by atoms with Crippen LogP contribution in [0.5, 0.6) is 5.75 Å². The van der Waals surface area contributed by atoms with Crippen molar-refractivity contribution in [3.63, 3.8) is 0 Å². The van der Waals surface area contributed by atoms with Crippen LogP contribution in [-0.2, 0) is 10.0 Å². The summed E-state index contributed by atoms with van der Waals surface area (Å²) < 4.78 is 33.9. The Hall–Kier alpha value is -0.890. The maximum Gasteiger partial charge on any atom is 0.251 e. The first-order chi connectivity index (χ1) is 9.99. The maximum absolute atomic E-state index is 12.5. The summed E-state index contributed by atoms with van der Waals surface area (Å²) in [6, 6.07) is 8.82. The number of hydrogen-bond acceptors (Lipinski definition) is 4. The summed E-state index contributed by atoms with van der Waals surface area (Å²) in [6.07, 6.45) is 0.628. The van der Waals surface area contributed by atoms with Crippen LogP contribution in [0.3, 0.4) is 0 Å². The molecular weight excluding hydrogens is 374 g/mol. The molecule has 0 amide bonds. The predicted octanol–water partition coefficient (Wildman–Crippen LogP) is 3.95. The molecule has 0 aliphatic heterocycles. The van der Waals surface area contributed by atoms with E-state index in [-0.39, 0.29) is 10.3 Å². The molecule has 1 atom stereocenters. The lowest BCUT2D eigenvalue weighted by Crippen LogP contribution is -2.28. The fraction of sp³-hybridized carbons (Fsp3) is 0.286. The van der Waals surface area contributed by atoms with Gasteiger partial charge in [0.15, 0.2) is 0 Å². The van der Waals surface area contributed by atoms with Gasteiger partial charge in [-0.25, -0.2) is 13.1 Å². The fourth-order valence-electron chi connectivity index (χ4n) is 2.03. The Bertz CT molecular complexity index is 713. The number of ether oxygens (including phenoxy) is 1. The van der Waals surface area contributed by atoms with E-state index in [9.17, 15) is 8.42 Å². The summed E-state index contributed by atoms with van der Waals surface area (Å²) in [5.41, 5.74) is 0.832. The molecule has 0 spiro atoms. The number of benzene rings is 1. The van der Waals surface area contributed by atoms with Gasteiger partial charge in [0.25, 0.3) is 10.0 Å². The maximum atomic E-state index is 12.5. The Morgan fingerprint density at radius 2 is 2.05 bits per heavy atom. The summed E-state index contributed by atoms with van der Waals surface area (Å²) in [5, 5.41) is 1.74. The van der Waals surface area contributed by atoms with Gasteiger partial charge in [0, 0.05) is 10.0 Å². The van der Waals surface area contributed by atoms with Crippen LogP contribution >= 0.6 is 27.3 Å². The number of thiophene rings is 1. The molecule has 0 bridgehead atoms. The van der Waals surface area contributed by atoms with E-state index in [1.807, 2.05) is 31.2 Å². The first kappa shape index (κ1) is 16.5. The minimum atomic E-state index is -3.57. The molecule has 0 aliphatic carbocycles. The minimum absolute atomic E-state index is 0.288. The second kappa shape index (κ2) is 6.91. The number of methoxy groups -OCH3 is 1. The summed E-state index contributed by atoms with van der Waals surface area (Å²) >= 11 is 4.45. The van der Waals surface area contributed by atoms with Crippen LogP contribution in [0.15, 0.2) is 44.4 Å². The molecule has 0 saturated carbocycles. The molecule has 0 saturated heterocycles. The first-order valence-corrected chi connectivity index (χ1v) is 9.53. The first-order valence-electron chi connectivity index (χ1n) is 6.37. The molecule has 21 heavy (non-hydrogen) atoms. The van der Waals surface area contributed by atoms with Crippen LogP contribution in [0.1, 0.15) is 24.9 Å². The minimum Gasteiger partial charge on any atom is -0.496 e. The lowest BCUT2D eigenvalue weighted by molar-refractivity contribution is 0.402. The number of halogens is 1. The molecule has 7 heteroatoms. The van der Waals surface area contributed by atoms with Crippen LogP contribution in [0, 0.1) is 0 Å². The van der Waals surface area contributed by atoms with Crippen LogP contribution in [0.4, 0.5) is 0 Å². The lowest BCUT2D eigenvalue weighted by Gasteiger charge is -2.19. The van der Waals surface area contributed by atoms with Crippen molar-refractivity contribution < 1.29 is 13.2 Å². The largest absolute Gasteiger partial charge is 0.496 e. The third-order valence-corrected chi connectivity index (χ3v) is 7.19. The van der Waals surface area contributed by atoms with Crippen LogP contribution in [0.2, 0.25) is 0 Å². The van der Waals surface area contributed by atoms with Crippen LogP contribution in [-0.4, -0.2) is 15.5 Å². The number of nitrogens with one attached hydrogen (secondary N) is 1. The lowest BCUT2D eigenvalue weighted by atomic mass is 10.0. The van der Waals surface area contributed by atoms with E-state index < -0.39 is 10.0 Å². The second-order valence-corrected chi connectivity index (χ2v) is 8.06. The summed E-state index contributed by atoms with van der Waals surface area (Å²) in [4.78, 5) is 0. The molecule has 0 aliphatic rings. The molecule has 1 N–H and O–H groups in total. The Labute approximate surface area is 137 Å². The molecule has 1 unspecified atom stereocenters. The molecule has 2 aromatic rings. The molecule has 1 aromatic carbocycles.